The standard InChI is InChI=1S/C16H17NO6/c1-21-11-2-3-12-10(9-23-13(12)7-11)6-15(18)17-4-5-22-14(8-17)16(19)20/h2-3,7,9,14H,4-6,8H2,1H3,(H,19,20). The summed E-state index contributed by atoms with van der Waals surface area (Å²) in [6.07, 6.45) is 0.751. The van der Waals surface area contributed by atoms with Gasteiger partial charge in [0.25, 0.3) is 0 Å². The van der Waals surface area contributed by atoms with Crippen LogP contribution < -0.4 is 4.74 Å². The van der Waals surface area contributed by atoms with E-state index < -0.39 is 12.1 Å². The molecule has 1 saturated heterocycles. The molecule has 1 fully saturated rings. The zero-order valence-electron chi connectivity index (χ0n) is 12.7. The van der Waals surface area contributed by atoms with Gasteiger partial charge in [-0.25, -0.2) is 4.79 Å². The van der Waals surface area contributed by atoms with E-state index in [1.807, 2.05) is 6.07 Å². The van der Waals surface area contributed by atoms with E-state index in [9.17, 15) is 9.59 Å². The Morgan fingerprint density at radius 1 is 1.43 bits per heavy atom. The lowest BCUT2D eigenvalue weighted by Crippen LogP contribution is -2.49. The number of hydrogen-bond donors (Lipinski definition) is 1. The molecule has 1 aliphatic rings. The zero-order valence-corrected chi connectivity index (χ0v) is 12.7. The fraction of sp³-hybridized carbons (Fsp3) is 0.375. The van der Waals surface area contributed by atoms with Crippen LogP contribution in [0.3, 0.4) is 0 Å². The number of carboxylic acids is 1. The highest BCUT2D eigenvalue weighted by molar-refractivity contribution is 5.88. The summed E-state index contributed by atoms with van der Waals surface area (Å²) in [5, 5.41) is 9.84. The molecule has 0 spiro atoms. The molecule has 23 heavy (non-hydrogen) atoms. The zero-order chi connectivity index (χ0) is 16.4. The Balaban J connectivity index is 1.74. The average Bonchev–Trinajstić information content (AvgIpc) is 2.97. The van der Waals surface area contributed by atoms with E-state index in [4.69, 9.17) is 19.0 Å². The van der Waals surface area contributed by atoms with Gasteiger partial charge in [0, 0.05) is 23.6 Å². The van der Waals surface area contributed by atoms with Crippen LogP contribution in [0.25, 0.3) is 11.0 Å². The van der Waals surface area contributed by atoms with Crippen LogP contribution in [0.4, 0.5) is 0 Å². The molecule has 0 bridgehead atoms. The fourth-order valence-corrected chi connectivity index (χ4v) is 2.63. The van der Waals surface area contributed by atoms with Crippen LogP contribution >= 0.6 is 0 Å². The lowest BCUT2D eigenvalue weighted by atomic mass is 10.1. The number of carbonyl (C=O) groups excluding carboxylic acids is 1. The molecule has 122 valence electrons. The van der Waals surface area contributed by atoms with E-state index in [0.29, 0.717) is 17.9 Å². The van der Waals surface area contributed by atoms with Crippen molar-refractivity contribution in [2.24, 2.45) is 0 Å². The van der Waals surface area contributed by atoms with Gasteiger partial charge in [-0.15, -0.1) is 0 Å². The quantitative estimate of drug-likeness (QED) is 0.913. The van der Waals surface area contributed by atoms with E-state index in [1.54, 1.807) is 25.5 Å². The third-order valence-corrected chi connectivity index (χ3v) is 3.90. The molecule has 1 unspecified atom stereocenters. The number of furan rings is 1. The fourth-order valence-electron chi connectivity index (χ4n) is 2.63. The molecular weight excluding hydrogens is 302 g/mol. The van der Waals surface area contributed by atoms with Crippen LogP contribution in [0.1, 0.15) is 5.56 Å². The van der Waals surface area contributed by atoms with Gasteiger partial charge in [-0.1, -0.05) is 0 Å². The number of amides is 1. The Kier molecular flexibility index (Phi) is 4.20. The summed E-state index contributed by atoms with van der Waals surface area (Å²) in [5.74, 6) is -0.511. The minimum Gasteiger partial charge on any atom is -0.497 e. The first-order valence-corrected chi connectivity index (χ1v) is 7.25. The smallest absolute Gasteiger partial charge is 0.334 e. The highest BCUT2D eigenvalue weighted by Crippen LogP contribution is 2.26. The first-order chi connectivity index (χ1) is 11.1. The second kappa shape index (κ2) is 6.29. The Morgan fingerprint density at radius 2 is 2.26 bits per heavy atom. The molecule has 3 rings (SSSR count). The van der Waals surface area contributed by atoms with Gasteiger partial charge in [0.1, 0.15) is 11.3 Å². The third kappa shape index (κ3) is 3.14. The van der Waals surface area contributed by atoms with Gasteiger partial charge in [0.2, 0.25) is 5.91 Å². The predicted molar refractivity (Wildman–Crippen MR) is 80.4 cm³/mol. The molecule has 1 amide bonds. The molecule has 0 saturated carbocycles. The van der Waals surface area contributed by atoms with Crippen LogP contribution in [-0.4, -0.2) is 54.8 Å². The molecule has 1 atom stereocenters. The van der Waals surface area contributed by atoms with Crippen LogP contribution in [0.15, 0.2) is 28.9 Å². The highest BCUT2D eigenvalue weighted by atomic mass is 16.5. The number of morpholine rings is 1. The first kappa shape index (κ1) is 15.4. The number of nitrogens with zero attached hydrogens (tertiary/aromatic N) is 1. The van der Waals surface area contributed by atoms with Gasteiger partial charge < -0.3 is 23.9 Å². The van der Waals surface area contributed by atoms with Crippen molar-refractivity contribution >= 4 is 22.8 Å². The van der Waals surface area contributed by atoms with Gasteiger partial charge in [-0.3, -0.25) is 4.79 Å². The van der Waals surface area contributed by atoms with Crippen molar-refractivity contribution in [3.05, 3.63) is 30.0 Å². The summed E-state index contributed by atoms with van der Waals surface area (Å²) < 4.78 is 15.7. The van der Waals surface area contributed by atoms with Crippen molar-refractivity contribution in [3.8, 4) is 5.75 Å². The molecule has 2 aromatic rings. The second-order valence-electron chi connectivity index (χ2n) is 5.34. The van der Waals surface area contributed by atoms with Gasteiger partial charge in [0.05, 0.1) is 32.9 Å². The Morgan fingerprint density at radius 3 is 3.00 bits per heavy atom. The summed E-state index contributed by atoms with van der Waals surface area (Å²) in [5.41, 5.74) is 1.42. The van der Waals surface area contributed by atoms with Crippen molar-refractivity contribution in [3.63, 3.8) is 0 Å². The second-order valence-corrected chi connectivity index (χ2v) is 5.34. The van der Waals surface area contributed by atoms with E-state index in [-0.39, 0.29) is 25.5 Å². The SMILES string of the molecule is COc1ccc2c(CC(=O)N3CCOC(C(=O)O)C3)coc2c1. The van der Waals surface area contributed by atoms with E-state index >= 15 is 0 Å². The van der Waals surface area contributed by atoms with Crippen molar-refractivity contribution in [1.82, 2.24) is 4.90 Å². The monoisotopic (exact) mass is 319 g/mol. The summed E-state index contributed by atoms with van der Waals surface area (Å²) in [4.78, 5) is 24.9. The van der Waals surface area contributed by atoms with Crippen LogP contribution in [0, 0.1) is 0 Å². The maximum Gasteiger partial charge on any atom is 0.334 e. The van der Waals surface area contributed by atoms with Crippen molar-refractivity contribution in [2.45, 2.75) is 12.5 Å². The molecule has 7 heteroatoms. The molecule has 2 heterocycles. The van der Waals surface area contributed by atoms with E-state index in [2.05, 4.69) is 0 Å². The Bertz CT molecular complexity index is 737. The molecule has 1 N–H and O–H groups in total. The molecule has 0 radical (unpaired) electrons. The van der Waals surface area contributed by atoms with Crippen molar-refractivity contribution in [2.75, 3.05) is 26.8 Å². The third-order valence-electron chi connectivity index (χ3n) is 3.90. The van der Waals surface area contributed by atoms with E-state index in [1.165, 1.54) is 4.90 Å². The number of carbonyl (C=O) groups is 2. The predicted octanol–water partition coefficient (Wildman–Crippen LogP) is 1.30. The number of benzene rings is 1. The molecule has 1 aromatic heterocycles. The number of methoxy groups -OCH3 is 1. The van der Waals surface area contributed by atoms with Crippen LogP contribution in [-0.2, 0) is 20.7 Å². The molecular formula is C16H17NO6. The summed E-state index contributed by atoms with van der Waals surface area (Å²) in [6, 6.07) is 5.42. The van der Waals surface area contributed by atoms with Crippen LogP contribution in [0.2, 0.25) is 0 Å². The minimum absolute atomic E-state index is 0.0672. The minimum atomic E-state index is -1.05. The Hall–Kier alpha value is -2.54. The van der Waals surface area contributed by atoms with Gasteiger partial charge in [0.15, 0.2) is 6.10 Å². The molecule has 1 aliphatic heterocycles. The summed E-state index contributed by atoms with van der Waals surface area (Å²) in [7, 11) is 1.58. The topological polar surface area (TPSA) is 89.2 Å². The molecule has 0 aliphatic carbocycles. The maximum atomic E-state index is 12.4. The van der Waals surface area contributed by atoms with E-state index in [0.717, 1.165) is 10.9 Å². The number of fused-ring (bicyclic) bond motifs is 1. The molecule has 7 nitrogen and oxygen atoms in total. The number of carboxylic acid groups (broad SMARTS) is 1. The average molecular weight is 319 g/mol. The first-order valence-electron chi connectivity index (χ1n) is 7.25. The normalized spacial score (nSPS) is 18.1. The van der Waals surface area contributed by atoms with Gasteiger partial charge >= 0.3 is 5.97 Å². The van der Waals surface area contributed by atoms with Gasteiger partial charge in [-0.05, 0) is 12.1 Å². The van der Waals surface area contributed by atoms with Crippen LogP contribution in [0.5, 0.6) is 5.75 Å². The number of aliphatic carboxylic acids is 1. The van der Waals surface area contributed by atoms with Gasteiger partial charge in [-0.2, -0.15) is 0 Å². The number of hydrogen-bond acceptors (Lipinski definition) is 5. The lowest BCUT2D eigenvalue weighted by molar-refractivity contribution is -0.159. The number of ether oxygens (including phenoxy) is 2. The summed E-state index contributed by atoms with van der Waals surface area (Å²) >= 11 is 0. The lowest BCUT2D eigenvalue weighted by Gasteiger charge is -2.30. The number of rotatable bonds is 4. The van der Waals surface area contributed by atoms with Crippen molar-refractivity contribution in [1.29, 1.82) is 0 Å². The Labute approximate surface area is 132 Å². The van der Waals surface area contributed by atoms with Crippen molar-refractivity contribution < 1.29 is 28.6 Å². The largest absolute Gasteiger partial charge is 0.497 e. The highest BCUT2D eigenvalue weighted by Gasteiger charge is 2.29. The summed E-state index contributed by atoms with van der Waals surface area (Å²) in [6.45, 7) is 0.691. The molecule has 1 aromatic carbocycles. The maximum absolute atomic E-state index is 12.4.